The third-order valence-electron chi connectivity index (χ3n) is 5.50. The van der Waals surface area contributed by atoms with Gasteiger partial charge in [0.2, 0.25) is 0 Å². The van der Waals surface area contributed by atoms with Gasteiger partial charge in [-0.05, 0) is 49.2 Å². The van der Waals surface area contributed by atoms with E-state index >= 15 is 0 Å². The van der Waals surface area contributed by atoms with Crippen molar-refractivity contribution in [3.63, 3.8) is 0 Å². The topological polar surface area (TPSA) is 88.4 Å². The van der Waals surface area contributed by atoms with Crippen LogP contribution in [0.3, 0.4) is 0 Å². The van der Waals surface area contributed by atoms with Gasteiger partial charge in [0.1, 0.15) is 17.2 Å². The highest BCUT2D eigenvalue weighted by Crippen LogP contribution is 2.32. The Balaban J connectivity index is 1.73. The molecule has 3 N–H and O–H groups in total. The number of hydrogen-bond acceptors (Lipinski definition) is 6. The molecule has 0 aliphatic heterocycles. The van der Waals surface area contributed by atoms with Crippen LogP contribution in [0.1, 0.15) is 19.8 Å². The lowest BCUT2D eigenvalue weighted by atomic mass is 9.83. The molecular formula is C25H25F3O6. The van der Waals surface area contributed by atoms with Crippen molar-refractivity contribution in [2.75, 3.05) is 19.8 Å². The molecule has 3 aromatic carbocycles. The van der Waals surface area contributed by atoms with Crippen LogP contribution in [-0.4, -0.2) is 35.1 Å². The van der Waals surface area contributed by atoms with Crippen LogP contribution in [0.2, 0.25) is 0 Å². The largest absolute Gasteiger partial charge is 0.505 e. The van der Waals surface area contributed by atoms with E-state index in [9.17, 15) is 28.5 Å². The first-order valence-electron chi connectivity index (χ1n) is 10.6. The van der Waals surface area contributed by atoms with E-state index in [-0.39, 0.29) is 37.1 Å². The molecule has 0 unspecified atom stereocenters. The predicted molar refractivity (Wildman–Crippen MR) is 118 cm³/mol. The van der Waals surface area contributed by atoms with Crippen LogP contribution in [0.15, 0.2) is 54.6 Å². The van der Waals surface area contributed by atoms with Crippen molar-refractivity contribution < 1.29 is 42.7 Å². The molecule has 0 aliphatic carbocycles. The van der Waals surface area contributed by atoms with E-state index in [0.717, 1.165) is 18.2 Å². The van der Waals surface area contributed by atoms with Gasteiger partial charge in [-0.25, -0.2) is 13.2 Å². The maximum atomic E-state index is 13.7. The minimum Gasteiger partial charge on any atom is -0.505 e. The van der Waals surface area contributed by atoms with E-state index in [0.29, 0.717) is 12.8 Å². The van der Waals surface area contributed by atoms with E-state index in [1.165, 1.54) is 36.4 Å². The van der Waals surface area contributed by atoms with Crippen LogP contribution in [0, 0.1) is 22.9 Å². The minimum absolute atomic E-state index is 0.0710. The molecule has 0 heterocycles. The van der Waals surface area contributed by atoms with Crippen molar-refractivity contribution >= 4 is 0 Å². The van der Waals surface area contributed by atoms with E-state index in [1.807, 2.05) is 6.92 Å². The van der Waals surface area contributed by atoms with E-state index in [1.54, 1.807) is 0 Å². The van der Waals surface area contributed by atoms with Gasteiger partial charge in [0.25, 0.3) is 0 Å². The smallest absolute Gasteiger partial charge is 0.168 e. The predicted octanol–water partition coefficient (Wildman–Crippen LogP) is 5.54. The number of rotatable bonds is 11. The van der Waals surface area contributed by atoms with Crippen molar-refractivity contribution in [1.29, 1.82) is 0 Å². The van der Waals surface area contributed by atoms with Gasteiger partial charge in [-0.2, -0.15) is 0 Å². The van der Waals surface area contributed by atoms with Gasteiger partial charge in [0, 0.05) is 23.6 Å². The number of hydrogen-bond donors (Lipinski definition) is 3. The van der Waals surface area contributed by atoms with Gasteiger partial charge >= 0.3 is 0 Å². The summed E-state index contributed by atoms with van der Waals surface area (Å²) < 4.78 is 58.1. The van der Waals surface area contributed by atoms with Crippen LogP contribution < -0.4 is 14.2 Å². The summed E-state index contributed by atoms with van der Waals surface area (Å²) in [7, 11) is 0. The average molecular weight is 478 g/mol. The summed E-state index contributed by atoms with van der Waals surface area (Å²) in [6.45, 7) is 2.17. The molecule has 3 aromatic rings. The average Bonchev–Trinajstić information content (AvgIpc) is 2.82. The molecule has 0 saturated carbocycles. The number of halogens is 3. The zero-order valence-corrected chi connectivity index (χ0v) is 18.4. The molecule has 182 valence electrons. The summed E-state index contributed by atoms with van der Waals surface area (Å²) in [5, 5.41) is 28.1. The first-order valence-corrected chi connectivity index (χ1v) is 10.6. The lowest BCUT2D eigenvalue weighted by molar-refractivity contribution is 0.0523. The van der Waals surface area contributed by atoms with Crippen LogP contribution >= 0.6 is 0 Å². The molecule has 3 rings (SSSR count). The third kappa shape index (κ3) is 6.40. The fourth-order valence-corrected chi connectivity index (χ4v) is 3.16. The van der Waals surface area contributed by atoms with Crippen molar-refractivity contribution in [2.45, 2.75) is 19.8 Å². The summed E-state index contributed by atoms with van der Waals surface area (Å²) >= 11 is 0. The second-order valence-corrected chi connectivity index (χ2v) is 7.87. The summed E-state index contributed by atoms with van der Waals surface area (Å²) in [5.74, 6) is -3.32. The summed E-state index contributed by atoms with van der Waals surface area (Å²) in [4.78, 5) is 0. The lowest BCUT2D eigenvalue weighted by Crippen LogP contribution is -2.36. The molecule has 0 amide bonds. The summed E-state index contributed by atoms with van der Waals surface area (Å²) in [6, 6.07) is 11.0. The minimum atomic E-state index is -0.826. The third-order valence-corrected chi connectivity index (χ3v) is 5.50. The quantitative estimate of drug-likeness (QED) is 0.335. The molecule has 0 atom stereocenters. The first kappa shape index (κ1) is 24.9. The molecule has 0 saturated heterocycles. The Labute approximate surface area is 194 Å². The molecule has 0 fully saturated rings. The monoisotopic (exact) mass is 478 g/mol. The SMILES string of the molecule is CCC(CCOc1ccc(O)c(F)c1)(COc1ccc(O)c(F)c1)COc1ccc(O)c(F)c1. The Hall–Kier alpha value is -3.75. The normalized spacial score (nSPS) is 11.3. The number of ether oxygens (including phenoxy) is 3. The standard InChI is InChI=1S/C25H25F3O6/c1-2-25(14-33-17-4-7-23(30)20(27)12-17,15-34-18-5-8-24(31)21(28)13-18)9-10-32-16-3-6-22(29)19(26)11-16/h3-8,11-13,29-31H,2,9-10,14-15H2,1H3. The molecule has 0 radical (unpaired) electrons. The molecule has 0 spiro atoms. The molecule has 0 aliphatic rings. The molecule has 0 aromatic heterocycles. The van der Waals surface area contributed by atoms with Crippen molar-refractivity contribution in [3.05, 3.63) is 72.0 Å². The lowest BCUT2D eigenvalue weighted by Gasteiger charge is -2.32. The molecule has 9 heteroatoms. The van der Waals surface area contributed by atoms with E-state index < -0.39 is 40.1 Å². The van der Waals surface area contributed by atoms with Gasteiger partial charge in [0.05, 0.1) is 19.8 Å². The van der Waals surface area contributed by atoms with Crippen molar-refractivity contribution in [2.24, 2.45) is 5.41 Å². The van der Waals surface area contributed by atoms with E-state index in [4.69, 9.17) is 14.2 Å². The van der Waals surface area contributed by atoms with Gasteiger partial charge in [-0.1, -0.05) is 6.92 Å². The van der Waals surface area contributed by atoms with Gasteiger partial charge in [-0.3, -0.25) is 0 Å². The van der Waals surface area contributed by atoms with Gasteiger partial charge < -0.3 is 29.5 Å². The molecule has 0 bridgehead atoms. The fourth-order valence-electron chi connectivity index (χ4n) is 3.16. The number of aromatic hydroxyl groups is 3. The summed E-state index contributed by atoms with van der Waals surface area (Å²) in [5.41, 5.74) is -0.682. The molecule has 6 nitrogen and oxygen atoms in total. The number of phenols is 3. The van der Waals surface area contributed by atoms with Gasteiger partial charge in [-0.15, -0.1) is 0 Å². The molecular weight excluding hydrogens is 453 g/mol. The highest BCUT2D eigenvalue weighted by Gasteiger charge is 2.31. The highest BCUT2D eigenvalue weighted by molar-refractivity contribution is 5.33. The van der Waals surface area contributed by atoms with Crippen LogP contribution in [0.5, 0.6) is 34.5 Å². The molecule has 34 heavy (non-hydrogen) atoms. The highest BCUT2D eigenvalue weighted by atomic mass is 19.1. The van der Waals surface area contributed by atoms with Crippen LogP contribution in [-0.2, 0) is 0 Å². The van der Waals surface area contributed by atoms with E-state index in [2.05, 4.69) is 0 Å². The van der Waals surface area contributed by atoms with Crippen molar-refractivity contribution in [3.8, 4) is 34.5 Å². The Morgan fingerprint density at radius 1 is 0.647 bits per heavy atom. The Morgan fingerprint density at radius 2 is 1.03 bits per heavy atom. The van der Waals surface area contributed by atoms with Crippen molar-refractivity contribution in [1.82, 2.24) is 0 Å². The fraction of sp³-hybridized carbons (Fsp3) is 0.280. The second-order valence-electron chi connectivity index (χ2n) is 7.87. The second kappa shape index (κ2) is 10.9. The first-order chi connectivity index (χ1) is 16.2. The maximum absolute atomic E-state index is 13.7. The summed E-state index contributed by atoms with van der Waals surface area (Å²) in [6.07, 6.45) is 0.897. The Bertz CT molecular complexity index is 1070. The maximum Gasteiger partial charge on any atom is 0.168 e. The zero-order valence-electron chi connectivity index (χ0n) is 18.4. The van der Waals surface area contributed by atoms with Gasteiger partial charge in [0.15, 0.2) is 34.7 Å². The van der Waals surface area contributed by atoms with Crippen LogP contribution in [0.25, 0.3) is 0 Å². The number of benzene rings is 3. The number of phenolic OH excluding ortho intramolecular Hbond substituents is 3. The van der Waals surface area contributed by atoms with Crippen LogP contribution in [0.4, 0.5) is 13.2 Å². The zero-order chi connectivity index (χ0) is 24.7. The Morgan fingerprint density at radius 3 is 1.38 bits per heavy atom. The Kier molecular flexibility index (Phi) is 7.99.